The van der Waals surface area contributed by atoms with Crippen LogP contribution in [0.4, 0.5) is 0 Å². The number of hydrogen-bond acceptors (Lipinski definition) is 5. The molecule has 4 nitrogen and oxygen atoms in total. The van der Waals surface area contributed by atoms with Gasteiger partial charge in [-0.25, -0.2) is 4.98 Å². The van der Waals surface area contributed by atoms with Crippen LogP contribution < -0.4 is 0 Å². The summed E-state index contributed by atoms with van der Waals surface area (Å²) in [6, 6.07) is 3.86. The highest BCUT2D eigenvalue weighted by atomic mass is 32.2. The molecule has 2 atom stereocenters. The van der Waals surface area contributed by atoms with Crippen molar-refractivity contribution in [1.82, 2.24) is 4.98 Å². The van der Waals surface area contributed by atoms with Crippen molar-refractivity contribution in [3.05, 3.63) is 29.1 Å². The van der Waals surface area contributed by atoms with Crippen LogP contribution in [0.15, 0.2) is 21.9 Å². The summed E-state index contributed by atoms with van der Waals surface area (Å²) in [5.41, 5.74) is 0.537. The molecule has 0 spiro atoms. The van der Waals surface area contributed by atoms with Gasteiger partial charge in [0.1, 0.15) is 0 Å². The highest BCUT2D eigenvalue weighted by Crippen LogP contribution is 2.45. The van der Waals surface area contributed by atoms with Crippen LogP contribution in [0.5, 0.6) is 0 Å². The summed E-state index contributed by atoms with van der Waals surface area (Å²) >= 11 is 3.40. The zero-order valence-corrected chi connectivity index (χ0v) is 12.7. The number of thioether (sulfide) groups is 1. The second-order valence-corrected chi connectivity index (χ2v) is 7.48. The number of hydrogen-bond donors (Lipinski definition) is 1. The minimum absolute atomic E-state index is 0.0936. The summed E-state index contributed by atoms with van der Waals surface area (Å²) in [5.74, 6) is 0.423. The van der Waals surface area contributed by atoms with Gasteiger partial charge in [0.05, 0.1) is 22.2 Å². The molecule has 106 valence electrons. The zero-order chi connectivity index (χ0) is 14.1. The number of carboxylic acid groups (broad SMARTS) is 1. The average molecular weight is 309 g/mol. The molecule has 1 saturated heterocycles. The third-order valence-electron chi connectivity index (χ3n) is 3.28. The summed E-state index contributed by atoms with van der Waals surface area (Å²) in [6.45, 7) is 2.20. The van der Waals surface area contributed by atoms with Gasteiger partial charge in [0.15, 0.2) is 5.76 Å². The summed E-state index contributed by atoms with van der Waals surface area (Å²) in [5, 5.41) is 11.8. The number of rotatable bonds is 4. The van der Waals surface area contributed by atoms with E-state index in [2.05, 4.69) is 11.9 Å². The van der Waals surface area contributed by atoms with E-state index in [1.54, 1.807) is 11.3 Å². The van der Waals surface area contributed by atoms with Crippen LogP contribution in [0.25, 0.3) is 10.6 Å². The molecule has 0 bridgehead atoms. The van der Waals surface area contributed by atoms with Crippen molar-refractivity contribution in [3.63, 3.8) is 0 Å². The number of thiophene rings is 1. The fraction of sp³-hybridized carbons (Fsp3) is 0.429. The van der Waals surface area contributed by atoms with E-state index in [9.17, 15) is 4.79 Å². The fourth-order valence-electron chi connectivity index (χ4n) is 2.36. The summed E-state index contributed by atoms with van der Waals surface area (Å²) in [6.07, 6.45) is 2.10. The predicted molar refractivity (Wildman–Crippen MR) is 80.2 cm³/mol. The number of carboxylic acids is 1. The van der Waals surface area contributed by atoms with E-state index in [4.69, 9.17) is 9.52 Å². The summed E-state index contributed by atoms with van der Waals surface area (Å²) in [7, 11) is 0. The Morgan fingerprint density at radius 2 is 2.40 bits per heavy atom. The number of aromatic nitrogens is 1. The van der Waals surface area contributed by atoms with Crippen molar-refractivity contribution in [2.24, 2.45) is 0 Å². The first-order valence-corrected chi connectivity index (χ1v) is 8.36. The monoisotopic (exact) mass is 309 g/mol. The summed E-state index contributed by atoms with van der Waals surface area (Å²) < 4.78 is 5.91. The Hall–Kier alpha value is -1.27. The normalized spacial score (nSPS) is 22.2. The Labute approximate surface area is 125 Å². The third-order valence-corrected chi connectivity index (χ3v) is 5.62. The van der Waals surface area contributed by atoms with E-state index < -0.39 is 5.97 Å². The van der Waals surface area contributed by atoms with Gasteiger partial charge < -0.3 is 9.52 Å². The lowest BCUT2D eigenvalue weighted by Crippen LogP contribution is -2.02. The van der Waals surface area contributed by atoms with Gasteiger partial charge in [0, 0.05) is 5.25 Å². The number of nitrogens with zero attached hydrogens (tertiary/aromatic N) is 1. The molecule has 1 fully saturated rings. The van der Waals surface area contributed by atoms with Crippen LogP contribution >= 0.6 is 23.1 Å². The minimum atomic E-state index is -0.880. The Kier molecular flexibility index (Phi) is 3.85. The van der Waals surface area contributed by atoms with E-state index in [0.29, 0.717) is 22.6 Å². The van der Waals surface area contributed by atoms with Crippen LogP contribution in [-0.4, -0.2) is 21.3 Å². The standard InChI is InChI=1S/C14H15NO3S2/c1-8-4-5-11(20-8)14-15-9(7-12(16)17)13(18-14)10-3-2-6-19-10/h2-3,6,8,11H,4-5,7H2,1H3,(H,16,17). The van der Waals surface area contributed by atoms with Crippen LogP contribution in [0.3, 0.4) is 0 Å². The topological polar surface area (TPSA) is 63.3 Å². The van der Waals surface area contributed by atoms with Crippen molar-refractivity contribution in [2.75, 3.05) is 0 Å². The van der Waals surface area contributed by atoms with Crippen LogP contribution in [-0.2, 0) is 11.2 Å². The highest BCUT2D eigenvalue weighted by Gasteiger charge is 2.29. The van der Waals surface area contributed by atoms with E-state index in [1.807, 2.05) is 29.3 Å². The smallest absolute Gasteiger partial charge is 0.309 e. The number of aliphatic carboxylic acids is 1. The van der Waals surface area contributed by atoms with Crippen LogP contribution in [0, 0.1) is 0 Å². The van der Waals surface area contributed by atoms with Crippen molar-refractivity contribution < 1.29 is 14.3 Å². The van der Waals surface area contributed by atoms with E-state index in [0.717, 1.165) is 17.7 Å². The van der Waals surface area contributed by atoms with Crippen molar-refractivity contribution in [2.45, 2.75) is 36.7 Å². The molecule has 20 heavy (non-hydrogen) atoms. The molecule has 0 aliphatic carbocycles. The molecule has 0 saturated carbocycles. The second-order valence-electron chi connectivity index (χ2n) is 4.89. The lowest BCUT2D eigenvalue weighted by molar-refractivity contribution is -0.136. The Morgan fingerprint density at radius 1 is 1.55 bits per heavy atom. The molecular weight excluding hydrogens is 294 g/mol. The number of carbonyl (C=O) groups is 1. The zero-order valence-electron chi connectivity index (χ0n) is 11.0. The lowest BCUT2D eigenvalue weighted by Gasteiger charge is -2.03. The lowest BCUT2D eigenvalue weighted by atomic mass is 10.2. The number of oxazole rings is 1. The maximum Gasteiger partial charge on any atom is 0.309 e. The van der Waals surface area contributed by atoms with Crippen molar-refractivity contribution >= 4 is 29.1 Å². The second kappa shape index (κ2) is 5.61. The first-order valence-electron chi connectivity index (χ1n) is 6.54. The van der Waals surface area contributed by atoms with Gasteiger partial charge in [0.25, 0.3) is 0 Å². The molecule has 0 radical (unpaired) electrons. The van der Waals surface area contributed by atoms with E-state index in [-0.39, 0.29) is 11.7 Å². The summed E-state index contributed by atoms with van der Waals surface area (Å²) in [4.78, 5) is 16.4. The van der Waals surface area contributed by atoms with Gasteiger partial charge >= 0.3 is 5.97 Å². The van der Waals surface area contributed by atoms with Crippen LogP contribution in [0.2, 0.25) is 0 Å². The van der Waals surface area contributed by atoms with Crippen molar-refractivity contribution in [1.29, 1.82) is 0 Å². The van der Waals surface area contributed by atoms with Gasteiger partial charge in [0.2, 0.25) is 5.89 Å². The van der Waals surface area contributed by atoms with E-state index in [1.165, 1.54) is 0 Å². The SMILES string of the molecule is CC1CCC(c2nc(CC(=O)O)c(-c3cccs3)o2)S1. The van der Waals surface area contributed by atoms with Crippen LogP contribution in [0.1, 0.15) is 36.6 Å². The molecule has 3 rings (SSSR count). The van der Waals surface area contributed by atoms with Gasteiger partial charge in [-0.1, -0.05) is 13.0 Å². The molecule has 2 unspecified atom stereocenters. The van der Waals surface area contributed by atoms with Crippen molar-refractivity contribution in [3.8, 4) is 10.6 Å². The van der Waals surface area contributed by atoms with Gasteiger partial charge in [-0.15, -0.1) is 23.1 Å². The van der Waals surface area contributed by atoms with E-state index >= 15 is 0 Å². The Bertz CT molecular complexity index is 606. The molecule has 2 aromatic rings. The first kappa shape index (κ1) is 13.7. The fourth-order valence-corrected chi connectivity index (χ4v) is 4.41. The predicted octanol–water partition coefficient (Wildman–Crippen LogP) is 3.99. The first-order chi connectivity index (χ1) is 9.63. The largest absolute Gasteiger partial charge is 0.481 e. The maximum atomic E-state index is 11.0. The molecule has 1 aliphatic heterocycles. The maximum absolute atomic E-state index is 11.0. The molecule has 6 heteroatoms. The molecule has 1 aliphatic rings. The quantitative estimate of drug-likeness (QED) is 0.925. The molecule has 0 amide bonds. The van der Waals surface area contributed by atoms with Gasteiger partial charge in [-0.3, -0.25) is 4.79 Å². The molecule has 3 heterocycles. The highest BCUT2D eigenvalue weighted by molar-refractivity contribution is 8.00. The Balaban J connectivity index is 1.95. The molecule has 2 aromatic heterocycles. The minimum Gasteiger partial charge on any atom is -0.481 e. The Morgan fingerprint density at radius 3 is 3.00 bits per heavy atom. The van der Waals surface area contributed by atoms with Gasteiger partial charge in [-0.2, -0.15) is 0 Å². The third kappa shape index (κ3) is 2.76. The molecule has 0 aromatic carbocycles. The molecule has 1 N–H and O–H groups in total. The van der Waals surface area contributed by atoms with Gasteiger partial charge in [-0.05, 0) is 24.3 Å². The average Bonchev–Trinajstić information content (AvgIpc) is 3.07. The molecular formula is C14H15NO3S2.